The molecule has 1 amide bonds. The fourth-order valence-corrected chi connectivity index (χ4v) is 5.21. The standard InChI is InChI=1S/C26H25F2N3O/c1-16-20-4-2-3-5-21(20)24-15-19(30-26(32)25(27)28)10-13-31(24)23-7-6-18(14-22(16)23)17-8-11-29-12-9-17/h2-9,11-12,14,16,19,24-25H,10,13,15H2,1H3,(H,30,32)/t16-,19-,24?/m1/s1. The highest BCUT2D eigenvalue weighted by Crippen LogP contribution is 2.47. The lowest BCUT2D eigenvalue weighted by atomic mass is 9.85. The van der Waals surface area contributed by atoms with Crippen molar-refractivity contribution in [3.63, 3.8) is 0 Å². The van der Waals surface area contributed by atoms with E-state index in [1.165, 1.54) is 22.4 Å². The first-order valence-corrected chi connectivity index (χ1v) is 11.0. The first-order valence-electron chi connectivity index (χ1n) is 11.0. The van der Waals surface area contributed by atoms with Gasteiger partial charge in [-0.3, -0.25) is 9.78 Å². The van der Waals surface area contributed by atoms with Gasteiger partial charge in [-0.05, 0) is 64.9 Å². The number of amides is 1. The van der Waals surface area contributed by atoms with Crippen LogP contribution in [0, 0.1) is 0 Å². The minimum Gasteiger partial charge on any atom is -0.364 e. The van der Waals surface area contributed by atoms with Gasteiger partial charge in [-0.15, -0.1) is 0 Å². The van der Waals surface area contributed by atoms with Crippen LogP contribution in [-0.2, 0) is 4.79 Å². The number of carbonyl (C=O) groups excluding carboxylic acids is 1. The summed E-state index contributed by atoms with van der Waals surface area (Å²) in [5.74, 6) is -0.996. The lowest BCUT2D eigenvalue weighted by Crippen LogP contribution is -2.47. The monoisotopic (exact) mass is 433 g/mol. The van der Waals surface area contributed by atoms with Crippen molar-refractivity contribution in [2.75, 3.05) is 11.4 Å². The first kappa shape index (κ1) is 20.6. The highest BCUT2D eigenvalue weighted by molar-refractivity contribution is 5.79. The fourth-order valence-electron chi connectivity index (χ4n) is 5.21. The van der Waals surface area contributed by atoms with Gasteiger partial charge >= 0.3 is 6.43 Å². The minimum absolute atomic E-state index is 0.0263. The van der Waals surface area contributed by atoms with Crippen LogP contribution < -0.4 is 10.2 Å². The van der Waals surface area contributed by atoms with E-state index in [2.05, 4.69) is 58.5 Å². The van der Waals surface area contributed by atoms with Crippen LogP contribution in [0.1, 0.15) is 48.4 Å². The van der Waals surface area contributed by atoms with Crippen molar-refractivity contribution in [2.24, 2.45) is 0 Å². The molecule has 1 N–H and O–H groups in total. The quantitative estimate of drug-likeness (QED) is 0.609. The molecule has 0 aliphatic carbocycles. The molecule has 1 saturated heterocycles. The van der Waals surface area contributed by atoms with Gasteiger partial charge in [0, 0.05) is 36.6 Å². The third kappa shape index (κ3) is 3.64. The zero-order valence-electron chi connectivity index (χ0n) is 17.8. The average Bonchev–Trinajstić information content (AvgIpc) is 2.93. The summed E-state index contributed by atoms with van der Waals surface area (Å²) in [7, 11) is 0. The zero-order chi connectivity index (χ0) is 22.2. The van der Waals surface area contributed by atoms with Gasteiger partial charge in [0.15, 0.2) is 0 Å². The van der Waals surface area contributed by atoms with Crippen LogP contribution in [0.2, 0.25) is 0 Å². The van der Waals surface area contributed by atoms with E-state index in [0.29, 0.717) is 19.4 Å². The van der Waals surface area contributed by atoms with Gasteiger partial charge in [0.1, 0.15) is 0 Å². The summed E-state index contributed by atoms with van der Waals surface area (Å²) >= 11 is 0. The van der Waals surface area contributed by atoms with E-state index in [0.717, 1.165) is 11.1 Å². The molecule has 0 saturated carbocycles. The Labute approximate surface area is 186 Å². The van der Waals surface area contributed by atoms with Gasteiger partial charge in [0.05, 0.1) is 6.04 Å². The Hall–Kier alpha value is -3.28. The maximum Gasteiger partial charge on any atom is 0.315 e. The van der Waals surface area contributed by atoms with Crippen LogP contribution in [0.4, 0.5) is 14.5 Å². The Balaban J connectivity index is 1.57. The summed E-state index contributed by atoms with van der Waals surface area (Å²) in [6.45, 7) is 2.92. The summed E-state index contributed by atoms with van der Waals surface area (Å²) in [6, 6.07) is 18.7. The lowest BCUT2D eigenvalue weighted by Gasteiger charge is -2.41. The van der Waals surface area contributed by atoms with Gasteiger partial charge in [-0.2, -0.15) is 8.78 Å². The van der Waals surface area contributed by atoms with Gasteiger partial charge in [0.25, 0.3) is 5.91 Å². The number of nitrogens with zero attached hydrogens (tertiary/aromatic N) is 2. The molecule has 3 heterocycles. The Morgan fingerprint density at radius 3 is 2.53 bits per heavy atom. The van der Waals surface area contributed by atoms with Crippen molar-refractivity contribution in [3.8, 4) is 11.1 Å². The van der Waals surface area contributed by atoms with Crippen molar-refractivity contribution in [3.05, 3.63) is 83.7 Å². The molecule has 6 heteroatoms. The SMILES string of the molecule is C[C@@H]1c2ccccc2C2C[C@H](NC(=O)C(F)F)CCN2c2ccc(-c3ccncc3)cc21. The maximum atomic E-state index is 12.8. The molecule has 32 heavy (non-hydrogen) atoms. The number of hydrogen-bond donors (Lipinski definition) is 1. The highest BCUT2D eigenvalue weighted by atomic mass is 19.3. The molecular weight excluding hydrogens is 408 g/mol. The third-order valence-corrected chi connectivity index (χ3v) is 6.79. The number of carbonyl (C=O) groups is 1. The van der Waals surface area contributed by atoms with Crippen molar-refractivity contribution in [2.45, 2.75) is 44.2 Å². The number of hydrogen-bond acceptors (Lipinski definition) is 3. The fraction of sp³-hybridized carbons (Fsp3) is 0.308. The van der Waals surface area contributed by atoms with E-state index in [4.69, 9.17) is 0 Å². The largest absolute Gasteiger partial charge is 0.364 e. The van der Waals surface area contributed by atoms with E-state index in [1.807, 2.05) is 18.2 Å². The van der Waals surface area contributed by atoms with Crippen LogP contribution >= 0.6 is 0 Å². The Morgan fingerprint density at radius 2 is 1.78 bits per heavy atom. The van der Waals surface area contributed by atoms with Crippen LogP contribution in [0.3, 0.4) is 0 Å². The van der Waals surface area contributed by atoms with Crippen molar-refractivity contribution in [1.82, 2.24) is 10.3 Å². The number of rotatable bonds is 3. The normalized spacial score (nSPS) is 21.9. The predicted octanol–water partition coefficient (Wildman–Crippen LogP) is 5.31. The van der Waals surface area contributed by atoms with Gasteiger partial charge in [-0.25, -0.2) is 0 Å². The predicted molar refractivity (Wildman–Crippen MR) is 121 cm³/mol. The molecule has 5 rings (SSSR count). The van der Waals surface area contributed by atoms with E-state index in [-0.39, 0.29) is 18.0 Å². The second kappa shape index (κ2) is 8.34. The van der Waals surface area contributed by atoms with Crippen molar-refractivity contribution >= 4 is 11.6 Å². The Bertz CT molecular complexity index is 1130. The van der Waals surface area contributed by atoms with Gasteiger partial charge in [-0.1, -0.05) is 37.3 Å². The summed E-state index contributed by atoms with van der Waals surface area (Å²) in [4.78, 5) is 18.1. The Morgan fingerprint density at radius 1 is 1.03 bits per heavy atom. The van der Waals surface area contributed by atoms with Crippen molar-refractivity contribution < 1.29 is 13.6 Å². The summed E-state index contributed by atoms with van der Waals surface area (Å²) in [5.41, 5.74) is 7.15. The molecule has 0 spiro atoms. The molecule has 2 aliphatic heterocycles. The summed E-state index contributed by atoms with van der Waals surface area (Å²) in [5, 5.41) is 2.55. The molecule has 0 radical (unpaired) electrons. The van der Waals surface area contributed by atoms with Gasteiger partial charge < -0.3 is 10.2 Å². The highest BCUT2D eigenvalue weighted by Gasteiger charge is 2.37. The second-order valence-electron chi connectivity index (χ2n) is 8.60. The first-order chi connectivity index (χ1) is 15.5. The number of benzene rings is 2. The second-order valence-corrected chi connectivity index (χ2v) is 8.60. The number of pyridine rings is 1. The van der Waals surface area contributed by atoms with Crippen LogP contribution in [0.25, 0.3) is 11.1 Å². The van der Waals surface area contributed by atoms with Crippen LogP contribution in [0.5, 0.6) is 0 Å². The number of aromatic nitrogens is 1. The number of piperidine rings is 1. The van der Waals surface area contributed by atoms with E-state index in [1.54, 1.807) is 12.4 Å². The zero-order valence-corrected chi connectivity index (χ0v) is 17.8. The minimum atomic E-state index is -2.98. The number of anilines is 1. The van der Waals surface area contributed by atoms with Crippen LogP contribution in [-0.4, -0.2) is 29.9 Å². The number of alkyl halides is 2. The molecule has 2 aromatic carbocycles. The van der Waals surface area contributed by atoms with E-state index in [9.17, 15) is 13.6 Å². The molecule has 3 aromatic rings. The number of nitrogens with one attached hydrogen (secondary N) is 1. The maximum absolute atomic E-state index is 12.8. The lowest BCUT2D eigenvalue weighted by molar-refractivity contribution is -0.132. The van der Waals surface area contributed by atoms with Gasteiger partial charge in [0.2, 0.25) is 0 Å². The van der Waals surface area contributed by atoms with E-state index < -0.39 is 12.3 Å². The molecule has 3 atom stereocenters. The van der Waals surface area contributed by atoms with Crippen molar-refractivity contribution in [1.29, 1.82) is 0 Å². The molecule has 164 valence electrons. The molecule has 1 fully saturated rings. The summed E-state index contributed by atoms with van der Waals surface area (Å²) < 4.78 is 25.6. The molecule has 0 bridgehead atoms. The smallest absolute Gasteiger partial charge is 0.315 e. The summed E-state index contributed by atoms with van der Waals surface area (Å²) in [6.07, 6.45) is 1.86. The molecule has 4 nitrogen and oxygen atoms in total. The number of halogens is 2. The third-order valence-electron chi connectivity index (χ3n) is 6.79. The van der Waals surface area contributed by atoms with E-state index >= 15 is 0 Å². The Kier molecular flexibility index (Phi) is 5.37. The molecular formula is C26H25F2N3O. The topological polar surface area (TPSA) is 45.2 Å². The molecule has 1 aromatic heterocycles. The van der Waals surface area contributed by atoms with Crippen LogP contribution in [0.15, 0.2) is 67.0 Å². The number of fused-ring (bicyclic) bond motifs is 5. The average molecular weight is 434 g/mol. The molecule has 1 unspecified atom stereocenters. The molecule has 2 aliphatic rings.